The smallest absolute Gasteiger partial charge is 0.239 e. The minimum atomic E-state index is -1.11. The van der Waals surface area contributed by atoms with Crippen LogP contribution in [-0.4, -0.2) is 31.4 Å². The maximum atomic E-state index is 12.5. The van der Waals surface area contributed by atoms with E-state index in [1.54, 1.807) is 13.8 Å². The van der Waals surface area contributed by atoms with E-state index in [1.807, 2.05) is 24.3 Å². The summed E-state index contributed by atoms with van der Waals surface area (Å²) in [5, 5.41) is 5.71. The molecule has 1 rings (SSSR count). The van der Waals surface area contributed by atoms with Gasteiger partial charge in [-0.05, 0) is 58.4 Å². The van der Waals surface area contributed by atoms with Crippen molar-refractivity contribution in [3.8, 4) is 0 Å². The van der Waals surface area contributed by atoms with Crippen molar-refractivity contribution >= 4 is 23.2 Å². The zero-order valence-corrected chi connectivity index (χ0v) is 16.3. The zero-order chi connectivity index (χ0) is 18.9. The molecule has 0 saturated carbocycles. The molecule has 5 heteroatoms. The highest BCUT2D eigenvalue weighted by molar-refractivity contribution is 6.09. The van der Waals surface area contributed by atoms with Crippen LogP contribution in [0, 0.1) is 5.41 Å². The number of hydrogen-bond donors (Lipinski definition) is 2. The van der Waals surface area contributed by atoms with E-state index in [-0.39, 0.29) is 11.8 Å². The molecule has 140 valence electrons. The molecule has 0 fully saturated rings. The van der Waals surface area contributed by atoms with Gasteiger partial charge >= 0.3 is 0 Å². The van der Waals surface area contributed by atoms with E-state index in [0.717, 1.165) is 38.0 Å². The van der Waals surface area contributed by atoms with Crippen LogP contribution in [0.15, 0.2) is 24.3 Å². The second kappa shape index (κ2) is 10.1. The lowest BCUT2D eigenvalue weighted by molar-refractivity contribution is -0.138. The van der Waals surface area contributed by atoms with Crippen molar-refractivity contribution in [1.82, 2.24) is 5.32 Å². The summed E-state index contributed by atoms with van der Waals surface area (Å²) in [6, 6.07) is 7.72. The highest BCUT2D eigenvalue weighted by Gasteiger charge is 2.35. The first-order valence-corrected chi connectivity index (χ1v) is 9.31. The van der Waals surface area contributed by atoms with E-state index in [2.05, 4.69) is 36.3 Å². The van der Waals surface area contributed by atoms with Gasteiger partial charge in [-0.1, -0.05) is 19.8 Å². The van der Waals surface area contributed by atoms with Crippen LogP contribution < -0.4 is 15.5 Å². The molecular weight excluding hydrogens is 314 g/mol. The highest BCUT2D eigenvalue weighted by Crippen LogP contribution is 2.21. The van der Waals surface area contributed by atoms with E-state index < -0.39 is 5.41 Å². The highest BCUT2D eigenvalue weighted by atomic mass is 16.2. The second-order valence-electron chi connectivity index (χ2n) is 6.76. The lowest BCUT2D eigenvalue weighted by Gasteiger charge is -2.24. The number of carbonyl (C=O) groups is 2. The fraction of sp³-hybridized carbons (Fsp3) is 0.600. The normalized spacial score (nSPS) is 11.1. The van der Waals surface area contributed by atoms with Crippen LogP contribution in [-0.2, 0) is 9.59 Å². The number of carbonyl (C=O) groups excluding carboxylic acids is 2. The summed E-state index contributed by atoms with van der Waals surface area (Å²) in [5.74, 6) is -0.531. The number of nitrogens with one attached hydrogen (secondary N) is 2. The molecule has 0 saturated heterocycles. The van der Waals surface area contributed by atoms with Gasteiger partial charge in [0.15, 0.2) is 0 Å². The minimum Gasteiger partial charge on any atom is -0.372 e. The number of unbranched alkanes of at least 4 members (excludes halogenated alkanes) is 2. The standard InChI is InChI=1S/C20H33N3O2/c1-6-9-10-15-21-18(24)20(4,5)19(25)22-16-11-13-17(14-12-16)23(7-2)8-3/h11-14H,6-10,15H2,1-5H3,(H,21,24)(H,22,25). The number of amides is 2. The average molecular weight is 348 g/mol. The van der Waals surface area contributed by atoms with E-state index in [4.69, 9.17) is 0 Å². The maximum Gasteiger partial charge on any atom is 0.239 e. The van der Waals surface area contributed by atoms with Crippen LogP contribution in [0.4, 0.5) is 11.4 Å². The Hall–Kier alpha value is -2.04. The number of hydrogen-bond acceptors (Lipinski definition) is 3. The van der Waals surface area contributed by atoms with Gasteiger partial charge < -0.3 is 15.5 Å². The molecule has 0 bridgehead atoms. The number of nitrogens with zero attached hydrogens (tertiary/aromatic N) is 1. The number of anilines is 2. The molecule has 0 aliphatic carbocycles. The summed E-state index contributed by atoms with van der Waals surface area (Å²) < 4.78 is 0. The van der Waals surface area contributed by atoms with Crippen molar-refractivity contribution in [3.63, 3.8) is 0 Å². The Morgan fingerprint density at radius 2 is 1.56 bits per heavy atom. The maximum absolute atomic E-state index is 12.5. The summed E-state index contributed by atoms with van der Waals surface area (Å²) in [7, 11) is 0. The SMILES string of the molecule is CCCCCNC(=O)C(C)(C)C(=O)Nc1ccc(N(CC)CC)cc1. The van der Waals surface area contributed by atoms with Gasteiger partial charge in [0.05, 0.1) is 0 Å². The Bertz CT molecular complexity index is 549. The van der Waals surface area contributed by atoms with Gasteiger partial charge in [-0.25, -0.2) is 0 Å². The van der Waals surface area contributed by atoms with E-state index in [1.165, 1.54) is 0 Å². The molecule has 2 N–H and O–H groups in total. The van der Waals surface area contributed by atoms with Gasteiger partial charge in [0.25, 0.3) is 0 Å². The Labute approximate surface area is 152 Å². The van der Waals surface area contributed by atoms with Gasteiger partial charge in [-0.3, -0.25) is 9.59 Å². The quantitative estimate of drug-likeness (QED) is 0.500. The molecule has 0 heterocycles. The molecule has 0 unspecified atom stereocenters. The third-order valence-electron chi connectivity index (χ3n) is 4.45. The lowest BCUT2D eigenvalue weighted by atomic mass is 9.91. The second-order valence-corrected chi connectivity index (χ2v) is 6.76. The van der Waals surface area contributed by atoms with Crippen molar-refractivity contribution < 1.29 is 9.59 Å². The van der Waals surface area contributed by atoms with E-state index >= 15 is 0 Å². The van der Waals surface area contributed by atoms with Gasteiger partial charge in [0.2, 0.25) is 11.8 Å². The van der Waals surface area contributed by atoms with Gasteiger partial charge in [0.1, 0.15) is 5.41 Å². The number of rotatable bonds is 10. The molecule has 25 heavy (non-hydrogen) atoms. The zero-order valence-electron chi connectivity index (χ0n) is 16.3. The van der Waals surface area contributed by atoms with Gasteiger partial charge in [0, 0.05) is 31.0 Å². The van der Waals surface area contributed by atoms with Crippen molar-refractivity contribution in [3.05, 3.63) is 24.3 Å². The third kappa shape index (κ3) is 6.07. The predicted molar refractivity (Wildman–Crippen MR) is 105 cm³/mol. The molecular formula is C20H33N3O2. The average Bonchev–Trinajstić information content (AvgIpc) is 2.60. The van der Waals surface area contributed by atoms with Gasteiger partial charge in [-0.2, -0.15) is 0 Å². The summed E-state index contributed by atoms with van der Waals surface area (Å²) >= 11 is 0. The number of benzene rings is 1. The van der Waals surface area contributed by atoms with E-state index in [9.17, 15) is 9.59 Å². The summed E-state index contributed by atoms with van der Waals surface area (Å²) in [6.07, 6.45) is 3.11. The minimum absolute atomic E-state index is 0.235. The summed E-state index contributed by atoms with van der Waals surface area (Å²) in [6.45, 7) is 12.1. The van der Waals surface area contributed by atoms with Crippen LogP contribution in [0.2, 0.25) is 0 Å². The van der Waals surface area contributed by atoms with Crippen LogP contribution in [0.25, 0.3) is 0 Å². The largest absolute Gasteiger partial charge is 0.372 e. The van der Waals surface area contributed by atoms with Crippen LogP contribution >= 0.6 is 0 Å². The van der Waals surface area contributed by atoms with Crippen LogP contribution in [0.3, 0.4) is 0 Å². The molecule has 1 aromatic rings. The fourth-order valence-electron chi connectivity index (χ4n) is 2.53. The Morgan fingerprint density at radius 1 is 0.960 bits per heavy atom. The first-order chi connectivity index (χ1) is 11.9. The topological polar surface area (TPSA) is 61.4 Å². The molecule has 0 aliphatic heterocycles. The van der Waals surface area contributed by atoms with Crippen molar-refractivity contribution in [2.45, 2.75) is 53.9 Å². The summed E-state index contributed by atoms with van der Waals surface area (Å²) in [5.41, 5.74) is 0.715. The van der Waals surface area contributed by atoms with Crippen molar-refractivity contribution in [2.75, 3.05) is 29.9 Å². The monoisotopic (exact) mass is 347 g/mol. The molecule has 0 aromatic heterocycles. The Balaban J connectivity index is 2.65. The third-order valence-corrected chi connectivity index (χ3v) is 4.45. The van der Waals surface area contributed by atoms with Crippen LogP contribution in [0.1, 0.15) is 53.9 Å². The molecule has 1 aromatic carbocycles. The molecule has 0 radical (unpaired) electrons. The Kier molecular flexibility index (Phi) is 8.46. The molecule has 0 spiro atoms. The lowest BCUT2D eigenvalue weighted by Crippen LogP contribution is -2.45. The van der Waals surface area contributed by atoms with Crippen molar-refractivity contribution in [2.24, 2.45) is 5.41 Å². The molecule has 2 amide bonds. The van der Waals surface area contributed by atoms with E-state index in [0.29, 0.717) is 12.2 Å². The predicted octanol–water partition coefficient (Wildman–Crippen LogP) is 3.80. The first kappa shape index (κ1) is 21.0. The Morgan fingerprint density at radius 3 is 2.08 bits per heavy atom. The van der Waals surface area contributed by atoms with Crippen LogP contribution in [0.5, 0.6) is 0 Å². The molecule has 5 nitrogen and oxygen atoms in total. The fourth-order valence-corrected chi connectivity index (χ4v) is 2.53. The van der Waals surface area contributed by atoms with Gasteiger partial charge in [-0.15, -0.1) is 0 Å². The molecule has 0 aliphatic rings. The van der Waals surface area contributed by atoms with Crippen molar-refractivity contribution in [1.29, 1.82) is 0 Å². The molecule has 0 atom stereocenters. The first-order valence-electron chi connectivity index (χ1n) is 9.31. The summed E-state index contributed by atoms with van der Waals surface area (Å²) in [4.78, 5) is 27.1.